The summed E-state index contributed by atoms with van der Waals surface area (Å²) < 4.78 is 4.98. The third-order valence-electron chi connectivity index (χ3n) is 2.61. The van der Waals surface area contributed by atoms with Crippen molar-refractivity contribution in [3.05, 3.63) is 35.9 Å². The number of pyridine rings is 1. The number of amidine groups is 1. The predicted molar refractivity (Wildman–Crippen MR) is 73.1 cm³/mol. The molecule has 1 aromatic carbocycles. The van der Waals surface area contributed by atoms with Crippen molar-refractivity contribution in [2.24, 2.45) is 5.73 Å². The largest absolute Gasteiger partial charge is 0.384 e. The zero-order valence-electron chi connectivity index (χ0n) is 10.2. The summed E-state index contributed by atoms with van der Waals surface area (Å²) in [4.78, 5) is 4.48. The maximum atomic E-state index is 7.60. The van der Waals surface area contributed by atoms with Crippen LogP contribution in [0.4, 0.5) is 5.82 Å². The molecule has 0 saturated heterocycles. The number of para-hydroxylation sites is 1. The van der Waals surface area contributed by atoms with Gasteiger partial charge in [0.25, 0.3) is 0 Å². The molecule has 0 spiro atoms. The minimum Gasteiger partial charge on any atom is -0.384 e. The van der Waals surface area contributed by atoms with E-state index < -0.39 is 0 Å². The van der Waals surface area contributed by atoms with Crippen LogP contribution >= 0.6 is 0 Å². The van der Waals surface area contributed by atoms with Crippen molar-refractivity contribution >= 4 is 22.6 Å². The lowest BCUT2D eigenvalue weighted by Gasteiger charge is -2.11. The molecule has 1 heterocycles. The highest BCUT2D eigenvalue weighted by Gasteiger charge is 2.08. The normalized spacial score (nSPS) is 10.5. The molecule has 0 unspecified atom stereocenters. The van der Waals surface area contributed by atoms with Crippen LogP contribution in [0.3, 0.4) is 0 Å². The molecular formula is C13H16N4O. The standard InChI is InChI=1S/C13H16N4O/c1-18-7-6-16-13-10(12(14)15)8-9-4-2-3-5-11(9)17-13/h2-5,8H,6-7H2,1H3,(H3,14,15)(H,16,17). The third-order valence-corrected chi connectivity index (χ3v) is 2.61. The SMILES string of the molecule is COCCNc1nc2ccccc2cc1C(=N)N. The summed E-state index contributed by atoms with van der Waals surface area (Å²) in [7, 11) is 1.64. The van der Waals surface area contributed by atoms with Crippen LogP contribution in [0, 0.1) is 5.41 Å². The van der Waals surface area contributed by atoms with Crippen molar-refractivity contribution in [3.63, 3.8) is 0 Å². The second-order valence-electron chi connectivity index (χ2n) is 3.91. The molecule has 4 N–H and O–H groups in total. The number of methoxy groups -OCH3 is 1. The second kappa shape index (κ2) is 5.46. The van der Waals surface area contributed by atoms with Crippen molar-refractivity contribution in [2.45, 2.75) is 0 Å². The first-order valence-electron chi connectivity index (χ1n) is 5.69. The van der Waals surface area contributed by atoms with Gasteiger partial charge in [0, 0.05) is 19.0 Å². The number of anilines is 1. The number of nitrogens with two attached hydrogens (primary N) is 1. The molecule has 0 radical (unpaired) electrons. The van der Waals surface area contributed by atoms with Crippen LogP contribution in [-0.4, -0.2) is 31.1 Å². The van der Waals surface area contributed by atoms with E-state index in [0.717, 1.165) is 10.9 Å². The molecule has 0 amide bonds. The Kier molecular flexibility index (Phi) is 3.74. The predicted octanol–water partition coefficient (Wildman–Crippen LogP) is 1.58. The van der Waals surface area contributed by atoms with Crippen molar-refractivity contribution in [1.29, 1.82) is 5.41 Å². The van der Waals surface area contributed by atoms with Crippen LogP contribution < -0.4 is 11.1 Å². The molecule has 2 aromatic rings. The molecule has 0 aliphatic heterocycles. The molecule has 94 valence electrons. The van der Waals surface area contributed by atoms with Gasteiger partial charge in [-0.05, 0) is 12.1 Å². The first-order chi connectivity index (χ1) is 8.72. The quantitative estimate of drug-likeness (QED) is 0.423. The van der Waals surface area contributed by atoms with Crippen LogP contribution in [0.15, 0.2) is 30.3 Å². The topological polar surface area (TPSA) is 84.0 Å². The van der Waals surface area contributed by atoms with Crippen LogP contribution in [-0.2, 0) is 4.74 Å². The molecule has 1 aromatic heterocycles. The van der Waals surface area contributed by atoms with Crippen molar-refractivity contribution < 1.29 is 4.74 Å². The highest BCUT2D eigenvalue weighted by Crippen LogP contribution is 2.19. The van der Waals surface area contributed by atoms with E-state index in [0.29, 0.717) is 24.5 Å². The average molecular weight is 244 g/mol. The van der Waals surface area contributed by atoms with Gasteiger partial charge in [0.2, 0.25) is 0 Å². The fourth-order valence-electron chi connectivity index (χ4n) is 1.73. The van der Waals surface area contributed by atoms with E-state index in [1.165, 1.54) is 0 Å². The molecule has 18 heavy (non-hydrogen) atoms. The lowest BCUT2D eigenvalue weighted by atomic mass is 10.1. The number of nitrogens with zero attached hydrogens (tertiary/aromatic N) is 1. The van der Waals surface area contributed by atoms with E-state index in [4.69, 9.17) is 15.9 Å². The summed E-state index contributed by atoms with van der Waals surface area (Å²) in [5.74, 6) is 0.631. The van der Waals surface area contributed by atoms with E-state index in [1.54, 1.807) is 7.11 Å². The Morgan fingerprint density at radius 1 is 1.44 bits per heavy atom. The summed E-state index contributed by atoms with van der Waals surface area (Å²) >= 11 is 0. The lowest BCUT2D eigenvalue weighted by Crippen LogP contribution is -2.17. The lowest BCUT2D eigenvalue weighted by molar-refractivity contribution is 0.210. The maximum Gasteiger partial charge on any atom is 0.137 e. The monoisotopic (exact) mass is 244 g/mol. The Morgan fingerprint density at radius 2 is 2.22 bits per heavy atom. The number of hydrogen-bond acceptors (Lipinski definition) is 4. The van der Waals surface area contributed by atoms with Crippen molar-refractivity contribution in [1.82, 2.24) is 4.98 Å². The summed E-state index contributed by atoms with van der Waals surface area (Å²) in [6.45, 7) is 1.20. The number of rotatable bonds is 5. The number of hydrogen-bond donors (Lipinski definition) is 3. The highest BCUT2D eigenvalue weighted by molar-refractivity contribution is 6.02. The Balaban J connectivity index is 2.41. The smallest absolute Gasteiger partial charge is 0.137 e. The van der Waals surface area contributed by atoms with Gasteiger partial charge in [0.15, 0.2) is 0 Å². The minimum atomic E-state index is 0.00756. The van der Waals surface area contributed by atoms with Gasteiger partial charge in [-0.2, -0.15) is 0 Å². The van der Waals surface area contributed by atoms with Crippen molar-refractivity contribution in [3.8, 4) is 0 Å². The molecule has 0 atom stereocenters. The summed E-state index contributed by atoms with van der Waals surface area (Å²) in [6.07, 6.45) is 0. The summed E-state index contributed by atoms with van der Waals surface area (Å²) in [5, 5.41) is 11.7. The van der Waals surface area contributed by atoms with Gasteiger partial charge in [-0.15, -0.1) is 0 Å². The van der Waals surface area contributed by atoms with Gasteiger partial charge in [0.1, 0.15) is 11.7 Å². The molecule has 0 aliphatic rings. The molecule has 0 saturated carbocycles. The Morgan fingerprint density at radius 3 is 2.94 bits per heavy atom. The zero-order chi connectivity index (χ0) is 13.0. The second-order valence-corrected chi connectivity index (χ2v) is 3.91. The van der Waals surface area contributed by atoms with E-state index in [2.05, 4.69) is 10.3 Å². The molecule has 5 heteroatoms. The Labute approximate surface area is 105 Å². The number of nitrogen functional groups attached to an aromatic ring is 1. The molecule has 0 fully saturated rings. The van der Waals surface area contributed by atoms with Gasteiger partial charge in [-0.3, -0.25) is 5.41 Å². The fraction of sp³-hybridized carbons (Fsp3) is 0.231. The van der Waals surface area contributed by atoms with Crippen LogP contribution in [0.5, 0.6) is 0 Å². The molecule has 0 aliphatic carbocycles. The van der Waals surface area contributed by atoms with Gasteiger partial charge in [-0.1, -0.05) is 18.2 Å². The van der Waals surface area contributed by atoms with E-state index >= 15 is 0 Å². The zero-order valence-corrected chi connectivity index (χ0v) is 10.2. The van der Waals surface area contributed by atoms with Gasteiger partial charge >= 0.3 is 0 Å². The van der Waals surface area contributed by atoms with Gasteiger partial charge in [0.05, 0.1) is 17.7 Å². The van der Waals surface area contributed by atoms with Gasteiger partial charge < -0.3 is 15.8 Å². The molecular weight excluding hydrogens is 228 g/mol. The number of fused-ring (bicyclic) bond motifs is 1. The molecule has 2 rings (SSSR count). The third kappa shape index (κ3) is 2.57. The summed E-state index contributed by atoms with van der Waals surface area (Å²) in [5.41, 5.74) is 7.07. The fourth-order valence-corrected chi connectivity index (χ4v) is 1.73. The molecule has 0 bridgehead atoms. The first-order valence-corrected chi connectivity index (χ1v) is 5.69. The summed E-state index contributed by atoms with van der Waals surface area (Å²) in [6, 6.07) is 9.63. The molecule has 5 nitrogen and oxygen atoms in total. The maximum absolute atomic E-state index is 7.60. The number of aromatic nitrogens is 1. The number of benzene rings is 1. The highest BCUT2D eigenvalue weighted by atomic mass is 16.5. The van der Waals surface area contributed by atoms with Crippen LogP contribution in [0.2, 0.25) is 0 Å². The first kappa shape index (κ1) is 12.3. The number of nitrogens with one attached hydrogen (secondary N) is 2. The Hall–Kier alpha value is -2.14. The Bertz CT molecular complexity index is 568. The number of ether oxygens (including phenoxy) is 1. The van der Waals surface area contributed by atoms with Gasteiger partial charge in [-0.25, -0.2) is 4.98 Å². The van der Waals surface area contributed by atoms with E-state index in [1.807, 2.05) is 30.3 Å². The van der Waals surface area contributed by atoms with Crippen LogP contribution in [0.1, 0.15) is 5.56 Å². The van der Waals surface area contributed by atoms with Crippen molar-refractivity contribution in [2.75, 3.05) is 25.6 Å². The minimum absolute atomic E-state index is 0.00756. The van der Waals surface area contributed by atoms with E-state index in [-0.39, 0.29) is 5.84 Å². The van der Waals surface area contributed by atoms with Crippen LogP contribution in [0.25, 0.3) is 10.9 Å². The average Bonchev–Trinajstić information content (AvgIpc) is 2.38. The van der Waals surface area contributed by atoms with E-state index in [9.17, 15) is 0 Å².